The van der Waals surface area contributed by atoms with Crippen LogP contribution in [0.2, 0.25) is 0 Å². The number of hydrogen-bond acceptors (Lipinski definition) is 4. The molecular weight excluding hydrogens is 240 g/mol. The standard InChI is InChI=1S/C15H18N2O2/c16-10-14(15(18)5-7-17-8-6-15)9-12-3-1-2-4-13(12)19-11-14/h1-4,17-18H,5-9,11H2. The summed E-state index contributed by atoms with van der Waals surface area (Å²) >= 11 is 0. The van der Waals surface area contributed by atoms with E-state index in [-0.39, 0.29) is 6.61 Å². The summed E-state index contributed by atoms with van der Waals surface area (Å²) in [6, 6.07) is 10.1. The molecular formula is C15H18N2O2. The van der Waals surface area contributed by atoms with Crippen LogP contribution in [0.4, 0.5) is 0 Å². The van der Waals surface area contributed by atoms with Crippen LogP contribution in [-0.2, 0) is 6.42 Å². The predicted molar refractivity (Wildman–Crippen MR) is 70.7 cm³/mol. The van der Waals surface area contributed by atoms with E-state index < -0.39 is 11.0 Å². The van der Waals surface area contributed by atoms with Gasteiger partial charge in [-0.3, -0.25) is 0 Å². The van der Waals surface area contributed by atoms with Crippen LogP contribution >= 0.6 is 0 Å². The Balaban J connectivity index is 1.96. The molecule has 2 aliphatic rings. The first-order chi connectivity index (χ1) is 9.19. The molecule has 0 spiro atoms. The van der Waals surface area contributed by atoms with Crippen LogP contribution in [-0.4, -0.2) is 30.4 Å². The van der Waals surface area contributed by atoms with Crippen molar-refractivity contribution in [2.75, 3.05) is 19.7 Å². The number of aliphatic hydroxyl groups is 1. The third kappa shape index (κ3) is 1.90. The average molecular weight is 258 g/mol. The lowest BCUT2D eigenvalue weighted by atomic mass is 9.64. The molecule has 2 heterocycles. The van der Waals surface area contributed by atoms with Crippen molar-refractivity contribution in [3.05, 3.63) is 29.8 Å². The van der Waals surface area contributed by atoms with Gasteiger partial charge in [-0.2, -0.15) is 5.26 Å². The van der Waals surface area contributed by atoms with E-state index in [9.17, 15) is 10.4 Å². The highest BCUT2D eigenvalue weighted by atomic mass is 16.5. The van der Waals surface area contributed by atoms with Crippen LogP contribution in [0, 0.1) is 16.7 Å². The van der Waals surface area contributed by atoms with Gasteiger partial charge in [-0.15, -0.1) is 0 Å². The zero-order valence-corrected chi connectivity index (χ0v) is 10.9. The summed E-state index contributed by atoms with van der Waals surface area (Å²) in [4.78, 5) is 0. The van der Waals surface area contributed by atoms with Crippen molar-refractivity contribution >= 4 is 0 Å². The molecule has 1 fully saturated rings. The SMILES string of the molecule is N#CC1(C2(O)CCNCC2)COc2ccccc2C1. The molecule has 3 rings (SSSR count). The van der Waals surface area contributed by atoms with Gasteiger partial charge < -0.3 is 15.2 Å². The number of nitrogens with zero attached hydrogens (tertiary/aromatic N) is 1. The van der Waals surface area contributed by atoms with Gasteiger partial charge in [-0.25, -0.2) is 0 Å². The van der Waals surface area contributed by atoms with E-state index in [2.05, 4.69) is 11.4 Å². The van der Waals surface area contributed by atoms with E-state index in [0.717, 1.165) is 24.4 Å². The molecule has 2 N–H and O–H groups in total. The quantitative estimate of drug-likeness (QED) is 0.795. The van der Waals surface area contributed by atoms with E-state index in [1.807, 2.05) is 24.3 Å². The largest absolute Gasteiger partial charge is 0.492 e. The summed E-state index contributed by atoms with van der Waals surface area (Å²) in [5, 5.41) is 23.8. The number of nitriles is 1. The van der Waals surface area contributed by atoms with Crippen molar-refractivity contribution in [3.8, 4) is 11.8 Å². The molecule has 1 aromatic rings. The first-order valence-electron chi connectivity index (χ1n) is 6.74. The van der Waals surface area contributed by atoms with E-state index >= 15 is 0 Å². The van der Waals surface area contributed by atoms with E-state index in [1.54, 1.807) is 0 Å². The van der Waals surface area contributed by atoms with Crippen molar-refractivity contribution in [1.29, 1.82) is 5.26 Å². The second-order valence-corrected chi connectivity index (χ2v) is 5.55. The van der Waals surface area contributed by atoms with Crippen LogP contribution in [0.25, 0.3) is 0 Å². The highest BCUT2D eigenvalue weighted by molar-refractivity contribution is 5.38. The van der Waals surface area contributed by atoms with Gasteiger partial charge >= 0.3 is 0 Å². The summed E-state index contributed by atoms with van der Waals surface area (Å²) in [7, 11) is 0. The normalized spacial score (nSPS) is 28.8. The summed E-state index contributed by atoms with van der Waals surface area (Å²) < 4.78 is 5.75. The summed E-state index contributed by atoms with van der Waals surface area (Å²) in [5.74, 6) is 0.839. The lowest BCUT2D eigenvalue weighted by molar-refractivity contribution is -0.0988. The molecule has 0 bridgehead atoms. The fourth-order valence-electron chi connectivity index (χ4n) is 3.16. The molecule has 1 aromatic carbocycles. The van der Waals surface area contributed by atoms with Gasteiger partial charge in [-0.1, -0.05) is 18.2 Å². The molecule has 2 aliphatic heterocycles. The number of ether oxygens (including phenoxy) is 1. The summed E-state index contributed by atoms with van der Waals surface area (Å²) in [5.41, 5.74) is -0.772. The Labute approximate surface area is 113 Å². The highest BCUT2D eigenvalue weighted by Crippen LogP contribution is 2.45. The topological polar surface area (TPSA) is 65.3 Å². The number of benzene rings is 1. The first-order valence-corrected chi connectivity index (χ1v) is 6.74. The maximum Gasteiger partial charge on any atom is 0.124 e. The van der Waals surface area contributed by atoms with Crippen molar-refractivity contribution in [1.82, 2.24) is 5.32 Å². The van der Waals surface area contributed by atoms with Gasteiger partial charge in [0.15, 0.2) is 0 Å². The Morgan fingerprint density at radius 2 is 2.00 bits per heavy atom. The van der Waals surface area contributed by atoms with Gasteiger partial charge in [0, 0.05) is 6.42 Å². The summed E-state index contributed by atoms with van der Waals surface area (Å²) in [6.07, 6.45) is 1.77. The zero-order chi connectivity index (χ0) is 13.3. The monoisotopic (exact) mass is 258 g/mol. The van der Waals surface area contributed by atoms with Crippen LogP contribution in [0.1, 0.15) is 18.4 Å². The molecule has 1 unspecified atom stereocenters. The van der Waals surface area contributed by atoms with Crippen molar-refractivity contribution < 1.29 is 9.84 Å². The minimum Gasteiger partial charge on any atom is -0.492 e. The highest BCUT2D eigenvalue weighted by Gasteiger charge is 2.53. The molecule has 1 saturated heterocycles. The van der Waals surface area contributed by atoms with Crippen LogP contribution in [0.3, 0.4) is 0 Å². The second kappa shape index (κ2) is 4.52. The van der Waals surface area contributed by atoms with Gasteiger partial charge in [0.2, 0.25) is 0 Å². The number of rotatable bonds is 1. The zero-order valence-electron chi connectivity index (χ0n) is 10.9. The molecule has 0 radical (unpaired) electrons. The Hall–Kier alpha value is -1.57. The van der Waals surface area contributed by atoms with Gasteiger partial charge in [0.05, 0.1) is 11.7 Å². The van der Waals surface area contributed by atoms with Gasteiger partial charge in [-0.05, 0) is 37.6 Å². The molecule has 4 nitrogen and oxygen atoms in total. The summed E-state index contributed by atoms with van der Waals surface area (Å²) in [6.45, 7) is 1.78. The second-order valence-electron chi connectivity index (χ2n) is 5.55. The van der Waals surface area contributed by atoms with Crippen molar-refractivity contribution in [2.24, 2.45) is 5.41 Å². The lowest BCUT2D eigenvalue weighted by Crippen LogP contribution is -2.58. The number of nitrogens with one attached hydrogen (secondary N) is 1. The molecule has 0 aromatic heterocycles. The number of fused-ring (bicyclic) bond motifs is 1. The third-order valence-corrected chi connectivity index (χ3v) is 4.47. The van der Waals surface area contributed by atoms with Crippen molar-refractivity contribution in [2.45, 2.75) is 24.9 Å². The lowest BCUT2D eigenvalue weighted by Gasteiger charge is -2.46. The van der Waals surface area contributed by atoms with E-state index in [1.165, 1.54) is 0 Å². The third-order valence-electron chi connectivity index (χ3n) is 4.47. The minimum absolute atomic E-state index is 0.275. The molecule has 0 aliphatic carbocycles. The fraction of sp³-hybridized carbons (Fsp3) is 0.533. The molecule has 0 amide bonds. The van der Waals surface area contributed by atoms with Crippen LogP contribution in [0.15, 0.2) is 24.3 Å². The maximum absolute atomic E-state index is 10.9. The van der Waals surface area contributed by atoms with Crippen LogP contribution in [0.5, 0.6) is 5.75 Å². The Morgan fingerprint density at radius 3 is 2.74 bits per heavy atom. The van der Waals surface area contributed by atoms with Gasteiger partial charge in [0.25, 0.3) is 0 Å². The molecule has 100 valence electrons. The average Bonchev–Trinajstić information content (AvgIpc) is 2.47. The number of piperidine rings is 1. The fourth-order valence-corrected chi connectivity index (χ4v) is 3.16. The molecule has 1 atom stereocenters. The smallest absolute Gasteiger partial charge is 0.124 e. The minimum atomic E-state index is -0.958. The molecule has 4 heteroatoms. The van der Waals surface area contributed by atoms with Crippen molar-refractivity contribution in [3.63, 3.8) is 0 Å². The Bertz CT molecular complexity index is 517. The predicted octanol–water partition coefficient (Wildman–Crippen LogP) is 1.25. The van der Waals surface area contributed by atoms with E-state index in [0.29, 0.717) is 19.3 Å². The van der Waals surface area contributed by atoms with Crippen LogP contribution < -0.4 is 10.1 Å². The Morgan fingerprint density at radius 1 is 1.26 bits per heavy atom. The number of hydrogen-bond donors (Lipinski definition) is 2. The molecule has 19 heavy (non-hydrogen) atoms. The maximum atomic E-state index is 10.9. The number of para-hydroxylation sites is 1. The first kappa shape index (κ1) is 12.5. The Kier molecular flexibility index (Phi) is 2.96. The van der Waals surface area contributed by atoms with E-state index in [4.69, 9.17) is 4.74 Å². The van der Waals surface area contributed by atoms with Gasteiger partial charge in [0.1, 0.15) is 17.8 Å². The molecule has 0 saturated carbocycles.